The highest BCUT2D eigenvalue weighted by molar-refractivity contribution is 6.35. The quantitative estimate of drug-likeness (QED) is 0.801. The lowest BCUT2D eigenvalue weighted by molar-refractivity contribution is 0.241. The maximum Gasteiger partial charge on any atom is 0.314 e. The smallest absolute Gasteiger partial charge is 0.314 e. The number of rotatable bonds is 6. The van der Waals surface area contributed by atoms with Gasteiger partial charge in [0.1, 0.15) is 5.82 Å². The maximum absolute atomic E-state index is 12.8. The van der Waals surface area contributed by atoms with E-state index in [9.17, 15) is 9.18 Å². The predicted octanol–water partition coefficient (Wildman–Crippen LogP) is 4.22. The van der Waals surface area contributed by atoms with E-state index in [-0.39, 0.29) is 11.8 Å². The molecule has 0 fully saturated rings. The summed E-state index contributed by atoms with van der Waals surface area (Å²) in [5.41, 5.74) is 1.90. The fourth-order valence-electron chi connectivity index (χ4n) is 2.07. The average Bonchev–Trinajstić information content (AvgIpc) is 2.51. The zero-order chi connectivity index (χ0) is 16.7. The van der Waals surface area contributed by atoms with Crippen LogP contribution in [0.25, 0.3) is 0 Å². The molecule has 0 aliphatic rings. The zero-order valence-corrected chi connectivity index (χ0v) is 13.9. The number of hydrogen-bond donors (Lipinski definition) is 2. The summed E-state index contributed by atoms with van der Waals surface area (Å²) in [4.78, 5) is 11.7. The zero-order valence-electron chi connectivity index (χ0n) is 12.4. The minimum atomic E-state index is -0.264. The van der Waals surface area contributed by atoms with Gasteiger partial charge in [0.2, 0.25) is 0 Å². The van der Waals surface area contributed by atoms with Crippen LogP contribution in [-0.2, 0) is 12.8 Å². The van der Waals surface area contributed by atoms with Crippen LogP contribution in [0.4, 0.5) is 9.18 Å². The first-order valence-corrected chi connectivity index (χ1v) is 8.00. The predicted molar refractivity (Wildman–Crippen MR) is 91.7 cm³/mol. The monoisotopic (exact) mass is 354 g/mol. The first-order valence-electron chi connectivity index (χ1n) is 7.24. The molecule has 0 unspecified atom stereocenters. The fourth-order valence-corrected chi connectivity index (χ4v) is 2.57. The van der Waals surface area contributed by atoms with Gasteiger partial charge < -0.3 is 10.6 Å². The van der Waals surface area contributed by atoms with E-state index in [2.05, 4.69) is 10.6 Å². The van der Waals surface area contributed by atoms with Crippen molar-refractivity contribution >= 4 is 29.2 Å². The molecule has 2 aromatic carbocycles. The van der Waals surface area contributed by atoms with Crippen LogP contribution in [0.1, 0.15) is 11.1 Å². The van der Waals surface area contributed by atoms with Crippen LogP contribution >= 0.6 is 23.2 Å². The number of carbonyl (C=O) groups excluding carboxylic acids is 1. The van der Waals surface area contributed by atoms with E-state index in [1.54, 1.807) is 24.3 Å². The second-order valence-electron chi connectivity index (χ2n) is 5.04. The lowest BCUT2D eigenvalue weighted by Crippen LogP contribution is -2.37. The van der Waals surface area contributed by atoms with Crippen molar-refractivity contribution in [2.75, 3.05) is 13.1 Å². The van der Waals surface area contributed by atoms with Gasteiger partial charge in [-0.3, -0.25) is 0 Å². The normalized spacial score (nSPS) is 10.4. The van der Waals surface area contributed by atoms with Gasteiger partial charge in [-0.05, 0) is 48.2 Å². The second-order valence-corrected chi connectivity index (χ2v) is 5.89. The molecule has 2 aromatic rings. The highest BCUT2D eigenvalue weighted by atomic mass is 35.5. The van der Waals surface area contributed by atoms with Crippen LogP contribution in [-0.4, -0.2) is 19.1 Å². The number of carbonyl (C=O) groups is 1. The number of urea groups is 1. The van der Waals surface area contributed by atoms with Gasteiger partial charge in [-0.1, -0.05) is 41.4 Å². The first-order chi connectivity index (χ1) is 11.0. The summed E-state index contributed by atoms with van der Waals surface area (Å²) < 4.78 is 12.8. The Morgan fingerprint density at radius 1 is 0.957 bits per heavy atom. The molecule has 0 saturated heterocycles. The molecule has 0 aromatic heterocycles. The molecule has 0 radical (unpaired) electrons. The van der Waals surface area contributed by atoms with Gasteiger partial charge in [-0.25, -0.2) is 9.18 Å². The van der Waals surface area contributed by atoms with Gasteiger partial charge in [0, 0.05) is 23.1 Å². The number of nitrogens with one attached hydrogen (secondary N) is 2. The van der Waals surface area contributed by atoms with Crippen molar-refractivity contribution in [1.82, 2.24) is 10.6 Å². The average molecular weight is 355 g/mol. The first kappa shape index (κ1) is 17.6. The van der Waals surface area contributed by atoms with E-state index >= 15 is 0 Å². The molecule has 0 spiro atoms. The molecule has 0 heterocycles. The Bertz CT molecular complexity index is 662. The van der Waals surface area contributed by atoms with Crippen LogP contribution in [0.15, 0.2) is 42.5 Å². The molecule has 2 N–H and O–H groups in total. The lowest BCUT2D eigenvalue weighted by Gasteiger charge is -2.09. The topological polar surface area (TPSA) is 41.1 Å². The molecule has 6 heteroatoms. The molecule has 2 rings (SSSR count). The van der Waals surface area contributed by atoms with E-state index in [0.717, 1.165) is 11.1 Å². The van der Waals surface area contributed by atoms with E-state index in [0.29, 0.717) is 36.0 Å². The third-order valence-electron chi connectivity index (χ3n) is 3.31. The molecule has 0 atom stereocenters. The Morgan fingerprint density at radius 2 is 1.61 bits per heavy atom. The summed E-state index contributed by atoms with van der Waals surface area (Å²) in [6.45, 7) is 0.961. The summed E-state index contributed by atoms with van der Waals surface area (Å²) in [6.07, 6.45) is 1.28. The van der Waals surface area contributed by atoms with Crippen molar-refractivity contribution in [1.29, 1.82) is 0 Å². The molecule has 122 valence electrons. The van der Waals surface area contributed by atoms with E-state index < -0.39 is 0 Å². The van der Waals surface area contributed by atoms with Crippen molar-refractivity contribution in [3.8, 4) is 0 Å². The Morgan fingerprint density at radius 3 is 2.26 bits per heavy atom. The molecular weight excluding hydrogens is 338 g/mol. The standard InChI is InChI=1S/C17H17Cl2FN2O/c18-14-4-3-13(16(19)11-14)8-10-22-17(23)21-9-7-12-1-5-15(20)6-2-12/h1-6,11H,7-10H2,(H2,21,22,23). The lowest BCUT2D eigenvalue weighted by atomic mass is 10.1. The molecule has 2 amide bonds. The van der Waals surface area contributed by atoms with Gasteiger partial charge in [0.25, 0.3) is 0 Å². The van der Waals surface area contributed by atoms with Crippen LogP contribution < -0.4 is 10.6 Å². The van der Waals surface area contributed by atoms with Gasteiger partial charge in [0.15, 0.2) is 0 Å². The minimum Gasteiger partial charge on any atom is -0.338 e. The summed E-state index contributed by atoms with van der Waals surface area (Å²) >= 11 is 11.9. The number of hydrogen-bond acceptors (Lipinski definition) is 1. The molecule has 3 nitrogen and oxygen atoms in total. The Hall–Kier alpha value is -1.78. The van der Waals surface area contributed by atoms with Crippen LogP contribution in [0, 0.1) is 5.82 Å². The van der Waals surface area contributed by atoms with Crippen molar-refractivity contribution in [2.24, 2.45) is 0 Å². The third-order valence-corrected chi connectivity index (χ3v) is 3.89. The van der Waals surface area contributed by atoms with Crippen LogP contribution in [0.3, 0.4) is 0 Å². The molecule has 0 bridgehead atoms. The molecule has 23 heavy (non-hydrogen) atoms. The summed E-state index contributed by atoms with van der Waals surface area (Å²) in [6, 6.07) is 11.3. The van der Waals surface area contributed by atoms with Crippen molar-refractivity contribution in [3.05, 3.63) is 69.5 Å². The molecule has 0 aliphatic carbocycles. The Balaban J connectivity index is 1.66. The van der Waals surface area contributed by atoms with Gasteiger partial charge in [-0.15, -0.1) is 0 Å². The second kappa shape index (κ2) is 8.75. The minimum absolute atomic E-state index is 0.239. The van der Waals surface area contributed by atoms with Crippen molar-refractivity contribution < 1.29 is 9.18 Å². The SMILES string of the molecule is O=C(NCCc1ccc(F)cc1)NCCc1ccc(Cl)cc1Cl. The Kier molecular flexibility index (Phi) is 6.68. The van der Waals surface area contributed by atoms with Crippen molar-refractivity contribution in [3.63, 3.8) is 0 Å². The van der Waals surface area contributed by atoms with Crippen molar-refractivity contribution in [2.45, 2.75) is 12.8 Å². The summed E-state index contributed by atoms with van der Waals surface area (Å²) in [5, 5.41) is 6.71. The van der Waals surface area contributed by atoms with E-state index in [1.165, 1.54) is 12.1 Å². The number of benzene rings is 2. The molecular formula is C17H17Cl2FN2O. The highest BCUT2D eigenvalue weighted by Gasteiger charge is 2.03. The van der Waals surface area contributed by atoms with Gasteiger partial charge in [-0.2, -0.15) is 0 Å². The number of amides is 2. The van der Waals surface area contributed by atoms with Gasteiger partial charge in [0.05, 0.1) is 0 Å². The largest absolute Gasteiger partial charge is 0.338 e. The van der Waals surface area contributed by atoms with Crippen LogP contribution in [0.5, 0.6) is 0 Å². The van der Waals surface area contributed by atoms with E-state index in [1.807, 2.05) is 6.07 Å². The highest BCUT2D eigenvalue weighted by Crippen LogP contribution is 2.20. The summed E-state index contributed by atoms with van der Waals surface area (Å²) in [5.74, 6) is -0.264. The van der Waals surface area contributed by atoms with E-state index in [4.69, 9.17) is 23.2 Å². The molecule has 0 aliphatic heterocycles. The van der Waals surface area contributed by atoms with Crippen LogP contribution in [0.2, 0.25) is 10.0 Å². The van der Waals surface area contributed by atoms with Gasteiger partial charge >= 0.3 is 6.03 Å². The fraction of sp³-hybridized carbons (Fsp3) is 0.235. The number of halogens is 3. The maximum atomic E-state index is 12.8. The molecule has 0 saturated carbocycles. The Labute approximate surface area is 144 Å². The third kappa shape index (κ3) is 6.08. The summed E-state index contributed by atoms with van der Waals surface area (Å²) in [7, 11) is 0.